The van der Waals surface area contributed by atoms with E-state index in [1.54, 1.807) is 37.4 Å². The molecule has 1 N–H and O–H groups in total. The zero-order valence-corrected chi connectivity index (χ0v) is 22.9. The second-order valence-corrected chi connectivity index (χ2v) is 13.0. The van der Waals surface area contributed by atoms with Crippen LogP contribution in [0.4, 0.5) is 0 Å². The maximum Gasteiger partial charge on any atom is 0.339 e. The van der Waals surface area contributed by atoms with E-state index in [2.05, 4.69) is 13.8 Å². The topological polar surface area (TPSA) is 99.1 Å². The van der Waals surface area contributed by atoms with Gasteiger partial charge in [-0.05, 0) is 42.2 Å². The standard InChI is InChI=1S/C30H40O7/c1-16-15-30(37-25(33)18-11-9-8-10-12-18)21(22(16)36-17(2)31)23(32)28(5)14-13-19-20(29(28,6)26(30)34)24(35-7)27(19,3)4/h8-12,16,19-24,32H,13-15H2,1-7H3. The third-order valence-corrected chi connectivity index (χ3v) is 11.0. The number of fused-ring (bicyclic) bond motifs is 4. The van der Waals surface area contributed by atoms with E-state index in [9.17, 15) is 14.7 Å². The molecule has 0 amide bonds. The summed E-state index contributed by atoms with van der Waals surface area (Å²) >= 11 is 0. The van der Waals surface area contributed by atoms with E-state index in [1.165, 1.54) is 6.92 Å². The lowest BCUT2D eigenvalue weighted by molar-refractivity contribution is -0.298. The van der Waals surface area contributed by atoms with E-state index in [4.69, 9.17) is 14.2 Å². The summed E-state index contributed by atoms with van der Waals surface area (Å²) in [6.45, 7) is 11.5. The van der Waals surface area contributed by atoms with Gasteiger partial charge in [-0.2, -0.15) is 0 Å². The van der Waals surface area contributed by atoms with Crippen molar-refractivity contribution >= 4 is 17.7 Å². The number of benzene rings is 1. The van der Waals surface area contributed by atoms with Crippen LogP contribution < -0.4 is 0 Å². The first-order valence-corrected chi connectivity index (χ1v) is 13.5. The Bertz CT molecular complexity index is 1110. The van der Waals surface area contributed by atoms with Crippen molar-refractivity contribution in [2.24, 2.45) is 39.9 Å². The smallest absolute Gasteiger partial charge is 0.339 e. The van der Waals surface area contributed by atoms with E-state index < -0.39 is 46.5 Å². The Morgan fingerprint density at radius 1 is 1.05 bits per heavy atom. The molecular formula is C30H40O7. The average Bonchev–Trinajstić information content (AvgIpc) is 3.11. The first kappa shape index (κ1) is 26.4. The molecule has 0 saturated heterocycles. The minimum atomic E-state index is -1.61. The van der Waals surface area contributed by atoms with Gasteiger partial charge in [-0.1, -0.05) is 52.8 Å². The largest absolute Gasteiger partial charge is 0.462 e. The lowest BCUT2D eigenvalue weighted by atomic mass is 9.32. The van der Waals surface area contributed by atoms with Gasteiger partial charge in [0.1, 0.15) is 6.10 Å². The minimum Gasteiger partial charge on any atom is -0.462 e. The Hall–Kier alpha value is -2.25. The average molecular weight is 513 g/mol. The molecule has 10 atom stereocenters. The third-order valence-electron chi connectivity index (χ3n) is 11.0. The summed E-state index contributed by atoms with van der Waals surface area (Å²) in [5.41, 5.74) is -3.18. The van der Waals surface area contributed by atoms with E-state index in [-0.39, 0.29) is 41.5 Å². The number of carbonyl (C=O) groups excluding carboxylic acids is 3. The molecule has 4 fully saturated rings. The molecule has 7 nitrogen and oxygen atoms in total. The van der Waals surface area contributed by atoms with Crippen LogP contribution in [0.3, 0.4) is 0 Å². The Morgan fingerprint density at radius 3 is 2.30 bits per heavy atom. The Balaban J connectivity index is 1.67. The molecule has 5 rings (SSSR count). The van der Waals surface area contributed by atoms with Crippen LogP contribution in [0, 0.1) is 39.9 Å². The number of rotatable bonds is 4. The van der Waals surface area contributed by atoms with Crippen molar-refractivity contribution in [3.63, 3.8) is 0 Å². The third kappa shape index (κ3) is 3.22. The van der Waals surface area contributed by atoms with Crippen LogP contribution in [-0.4, -0.2) is 53.9 Å². The molecule has 37 heavy (non-hydrogen) atoms. The van der Waals surface area contributed by atoms with Crippen LogP contribution >= 0.6 is 0 Å². The first-order chi connectivity index (χ1) is 17.3. The van der Waals surface area contributed by atoms with E-state index in [0.29, 0.717) is 12.0 Å². The summed E-state index contributed by atoms with van der Waals surface area (Å²) in [5, 5.41) is 12.2. The van der Waals surface area contributed by atoms with Crippen molar-refractivity contribution in [3.05, 3.63) is 35.9 Å². The summed E-state index contributed by atoms with van der Waals surface area (Å²) in [5.74, 6) is -2.28. The molecule has 0 aromatic heterocycles. The zero-order chi connectivity index (χ0) is 27.1. The quantitative estimate of drug-likeness (QED) is 0.604. The Morgan fingerprint density at radius 2 is 1.70 bits per heavy atom. The van der Waals surface area contributed by atoms with Crippen LogP contribution in [0.5, 0.6) is 0 Å². The number of ketones is 1. The highest BCUT2D eigenvalue weighted by Gasteiger charge is 2.81. The first-order valence-electron chi connectivity index (χ1n) is 13.5. The van der Waals surface area contributed by atoms with Crippen LogP contribution in [0.15, 0.2) is 30.3 Å². The highest BCUT2D eigenvalue weighted by atomic mass is 16.6. The van der Waals surface area contributed by atoms with Gasteiger partial charge < -0.3 is 19.3 Å². The van der Waals surface area contributed by atoms with Crippen molar-refractivity contribution in [2.45, 2.75) is 84.7 Å². The lowest BCUT2D eigenvalue weighted by Crippen LogP contribution is -2.79. The van der Waals surface area contributed by atoms with Crippen molar-refractivity contribution in [1.29, 1.82) is 0 Å². The molecule has 0 heterocycles. The Labute approximate surface area is 219 Å². The number of Topliss-reactive ketones (excluding diaryl/α,β-unsaturated/α-hetero) is 1. The molecule has 1 aromatic rings. The van der Waals surface area contributed by atoms with Gasteiger partial charge in [-0.3, -0.25) is 9.59 Å². The summed E-state index contributed by atoms with van der Waals surface area (Å²) in [4.78, 5) is 40.7. The van der Waals surface area contributed by atoms with Crippen molar-refractivity contribution in [1.82, 2.24) is 0 Å². The summed E-state index contributed by atoms with van der Waals surface area (Å²) in [7, 11) is 1.68. The van der Waals surface area contributed by atoms with Crippen LogP contribution in [0.1, 0.15) is 71.2 Å². The van der Waals surface area contributed by atoms with E-state index in [0.717, 1.165) is 6.42 Å². The second kappa shape index (κ2) is 8.37. The zero-order valence-electron chi connectivity index (χ0n) is 22.9. The van der Waals surface area contributed by atoms with Crippen LogP contribution in [-0.2, 0) is 23.8 Å². The monoisotopic (exact) mass is 512 g/mol. The molecule has 0 spiro atoms. The molecule has 0 aliphatic heterocycles. The highest BCUT2D eigenvalue weighted by molar-refractivity contribution is 6.00. The number of aliphatic hydroxyl groups excluding tert-OH is 1. The van der Waals surface area contributed by atoms with Gasteiger partial charge in [-0.15, -0.1) is 0 Å². The van der Waals surface area contributed by atoms with E-state index in [1.807, 2.05) is 20.8 Å². The fourth-order valence-corrected chi connectivity index (χ4v) is 9.10. The number of carbonyl (C=O) groups is 3. The van der Waals surface area contributed by atoms with Gasteiger partial charge in [0.25, 0.3) is 0 Å². The van der Waals surface area contributed by atoms with Gasteiger partial charge in [0.15, 0.2) is 11.4 Å². The number of hydrogen-bond donors (Lipinski definition) is 1. The molecule has 4 aliphatic rings. The molecule has 10 unspecified atom stereocenters. The number of hydrogen-bond acceptors (Lipinski definition) is 7. The summed E-state index contributed by atoms with van der Waals surface area (Å²) < 4.78 is 18.0. The predicted octanol–water partition coefficient (Wildman–Crippen LogP) is 4.21. The maximum absolute atomic E-state index is 15.1. The van der Waals surface area contributed by atoms with Crippen molar-refractivity contribution in [3.8, 4) is 0 Å². The van der Waals surface area contributed by atoms with Crippen LogP contribution in [0.25, 0.3) is 0 Å². The maximum atomic E-state index is 15.1. The second-order valence-electron chi connectivity index (χ2n) is 13.0. The fraction of sp³-hybridized carbons (Fsp3) is 0.700. The fourth-order valence-electron chi connectivity index (χ4n) is 9.10. The molecule has 1 aromatic carbocycles. The molecule has 4 saturated carbocycles. The molecular weight excluding hydrogens is 472 g/mol. The molecule has 7 heteroatoms. The van der Waals surface area contributed by atoms with Gasteiger partial charge in [0.05, 0.1) is 23.7 Å². The number of ether oxygens (including phenoxy) is 3. The summed E-state index contributed by atoms with van der Waals surface area (Å²) in [6, 6.07) is 8.59. The number of esters is 2. The number of aliphatic hydroxyl groups is 1. The van der Waals surface area contributed by atoms with Gasteiger partial charge in [0, 0.05) is 37.2 Å². The molecule has 202 valence electrons. The van der Waals surface area contributed by atoms with E-state index >= 15 is 4.79 Å². The Kier molecular flexibility index (Phi) is 5.97. The predicted molar refractivity (Wildman–Crippen MR) is 135 cm³/mol. The van der Waals surface area contributed by atoms with Gasteiger partial charge in [0.2, 0.25) is 0 Å². The number of methoxy groups -OCH3 is 1. The molecule has 0 bridgehead atoms. The minimum absolute atomic E-state index is 0.108. The lowest BCUT2D eigenvalue weighted by Gasteiger charge is -2.73. The summed E-state index contributed by atoms with van der Waals surface area (Å²) in [6.07, 6.45) is -0.220. The molecule has 4 aliphatic carbocycles. The van der Waals surface area contributed by atoms with Gasteiger partial charge in [-0.25, -0.2) is 4.79 Å². The normalized spacial score (nSPS) is 45.6. The van der Waals surface area contributed by atoms with Crippen molar-refractivity contribution < 1.29 is 33.7 Å². The SMILES string of the molecule is COC1C2C(CCC3(C)C(O)C4C(OC(C)=O)C(C)CC4(OC(=O)c4ccccc4)C(=O)C23C)C1(C)C. The van der Waals surface area contributed by atoms with Crippen molar-refractivity contribution in [2.75, 3.05) is 7.11 Å². The molecule has 0 radical (unpaired) electrons. The van der Waals surface area contributed by atoms with Crippen LogP contribution in [0.2, 0.25) is 0 Å². The van der Waals surface area contributed by atoms with Gasteiger partial charge >= 0.3 is 11.9 Å². The highest BCUT2D eigenvalue weighted by Crippen LogP contribution is 2.74.